The SMILES string of the molecule is CNC(Cc1ccccc1)c1c(C)ccc2ccccc12. The summed E-state index contributed by atoms with van der Waals surface area (Å²) in [5, 5.41) is 6.17. The first-order valence-electron chi connectivity index (χ1n) is 7.49. The third-order valence-electron chi connectivity index (χ3n) is 4.17. The van der Waals surface area contributed by atoms with E-state index in [0.717, 1.165) is 6.42 Å². The van der Waals surface area contributed by atoms with Crippen LogP contribution in [0, 0.1) is 6.92 Å². The van der Waals surface area contributed by atoms with E-state index in [-0.39, 0.29) is 0 Å². The Morgan fingerprint density at radius 2 is 1.57 bits per heavy atom. The molecule has 0 bridgehead atoms. The van der Waals surface area contributed by atoms with Crippen LogP contribution in [0.5, 0.6) is 0 Å². The highest BCUT2D eigenvalue weighted by molar-refractivity contribution is 5.87. The van der Waals surface area contributed by atoms with E-state index in [4.69, 9.17) is 0 Å². The minimum atomic E-state index is 0.332. The number of fused-ring (bicyclic) bond motifs is 1. The van der Waals surface area contributed by atoms with Gasteiger partial charge in [0.15, 0.2) is 0 Å². The number of rotatable bonds is 4. The molecule has 3 aromatic carbocycles. The lowest BCUT2D eigenvalue weighted by Crippen LogP contribution is -2.20. The lowest BCUT2D eigenvalue weighted by molar-refractivity contribution is 0.593. The molecular weight excluding hydrogens is 254 g/mol. The van der Waals surface area contributed by atoms with Crippen molar-refractivity contribution >= 4 is 10.8 Å². The molecule has 0 saturated heterocycles. The van der Waals surface area contributed by atoms with Crippen LogP contribution in [0.4, 0.5) is 0 Å². The topological polar surface area (TPSA) is 12.0 Å². The lowest BCUT2D eigenvalue weighted by Gasteiger charge is -2.21. The molecule has 0 amide bonds. The fraction of sp³-hybridized carbons (Fsp3) is 0.200. The highest BCUT2D eigenvalue weighted by atomic mass is 14.9. The minimum Gasteiger partial charge on any atom is -0.313 e. The Morgan fingerprint density at radius 3 is 2.33 bits per heavy atom. The Hall–Kier alpha value is -2.12. The smallest absolute Gasteiger partial charge is 0.0367 e. The molecule has 0 spiro atoms. The predicted molar refractivity (Wildman–Crippen MR) is 90.6 cm³/mol. The maximum atomic E-state index is 3.50. The second-order valence-corrected chi connectivity index (χ2v) is 5.55. The van der Waals surface area contributed by atoms with Crippen molar-refractivity contribution in [3.63, 3.8) is 0 Å². The number of hydrogen-bond acceptors (Lipinski definition) is 1. The van der Waals surface area contributed by atoms with Gasteiger partial charge >= 0.3 is 0 Å². The Balaban J connectivity index is 2.06. The summed E-state index contributed by atoms with van der Waals surface area (Å²) >= 11 is 0. The van der Waals surface area contributed by atoms with Crippen molar-refractivity contribution in [2.45, 2.75) is 19.4 Å². The summed E-state index contributed by atoms with van der Waals surface area (Å²) in [5.74, 6) is 0. The maximum Gasteiger partial charge on any atom is 0.0367 e. The van der Waals surface area contributed by atoms with E-state index < -0.39 is 0 Å². The van der Waals surface area contributed by atoms with Gasteiger partial charge in [-0.1, -0.05) is 66.7 Å². The average molecular weight is 275 g/mol. The fourth-order valence-corrected chi connectivity index (χ4v) is 3.07. The van der Waals surface area contributed by atoms with Gasteiger partial charge in [-0.2, -0.15) is 0 Å². The van der Waals surface area contributed by atoms with Gasteiger partial charge in [-0.15, -0.1) is 0 Å². The van der Waals surface area contributed by atoms with Gasteiger partial charge in [0.25, 0.3) is 0 Å². The monoisotopic (exact) mass is 275 g/mol. The molecule has 1 atom stereocenters. The third-order valence-corrected chi connectivity index (χ3v) is 4.17. The third kappa shape index (κ3) is 2.84. The van der Waals surface area contributed by atoms with E-state index in [9.17, 15) is 0 Å². The molecule has 1 N–H and O–H groups in total. The zero-order valence-corrected chi connectivity index (χ0v) is 12.6. The molecule has 1 heteroatoms. The summed E-state index contributed by atoms with van der Waals surface area (Å²) in [7, 11) is 2.05. The van der Waals surface area contributed by atoms with Crippen molar-refractivity contribution < 1.29 is 0 Å². The van der Waals surface area contributed by atoms with Crippen LogP contribution in [0.3, 0.4) is 0 Å². The van der Waals surface area contributed by atoms with E-state index in [1.807, 2.05) is 0 Å². The summed E-state index contributed by atoms with van der Waals surface area (Å²) in [6.45, 7) is 2.21. The van der Waals surface area contributed by atoms with Gasteiger partial charge in [-0.25, -0.2) is 0 Å². The van der Waals surface area contributed by atoms with Gasteiger partial charge in [0.05, 0.1) is 0 Å². The zero-order valence-electron chi connectivity index (χ0n) is 12.6. The van der Waals surface area contributed by atoms with Crippen molar-refractivity contribution in [3.8, 4) is 0 Å². The molecule has 0 saturated carbocycles. The van der Waals surface area contributed by atoms with E-state index in [1.165, 1.54) is 27.5 Å². The van der Waals surface area contributed by atoms with Crippen molar-refractivity contribution in [1.82, 2.24) is 5.32 Å². The molecule has 1 nitrogen and oxygen atoms in total. The van der Waals surface area contributed by atoms with E-state index in [0.29, 0.717) is 6.04 Å². The van der Waals surface area contributed by atoms with E-state index in [1.54, 1.807) is 0 Å². The molecule has 0 fully saturated rings. The summed E-state index contributed by atoms with van der Waals surface area (Å²) in [5.41, 5.74) is 4.13. The summed E-state index contributed by atoms with van der Waals surface area (Å²) < 4.78 is 0. The van der Waals surface area contributed by atoms with Crippen molar-refractivity contribution in [2.24, 2.45) is 0 Å². The molecule has 3 aromatic rings. The van der Waals surface area contributed by atoms with Crippen LogP contribution in [0.15, 0.2) is 66.7 Å². The summed E-state index contributed by atoms with van der Waals surface area (Å²) in [4.78, 5) is 0. The summed E-state index contributed by atoms with van der Waals surface area (Å²) in [6.07, 6.45) is 1.01. The number of nitrogens with one attached hydrogen (secondary N) is 1. The molecule has 0 aliphatic heterocycles. The van der Waals surface area contributed by atoms with Gasteiger partial charge < -0.3 is 5.32 Å². The minimum absolute atomic E-state index is 0.332. The van der Waals surface area contributed by atoms with Crippen molar-refractivity contribution in [3.05, 3.63) is 83.4 Å². The Morgan fingerprint density at radius 1 is 0.857 bits per heavy atom. The average Bonchev–Trinajstić information content (AvgIpc) is 2.54. The molecule has 0 aromatic heterocycles. The van der Waals surface area contributed by atoms with Crippen LogP contribution in [0.2, 0.25) is 0 Å². The van der Waals surface area contributed by atoms with Crippen LogP contribution >= 0.6 is 0 Å². The van der Waals surface area contributed by atoms with Gasteiger partial charge in [0, 0.05) is 6.04 Å². The first-order chi connectivity index (χ1) is 10.3. The first kappa shape index (κ1) is 13.8. The second kappa shape index (κ2) is 6.11. The lowest BCUT2D eigenvalue weighted by atomic mass is 9.91. The first-order valence-corrected chi connectivity index (χ1v) is 7.49. The van der Waals surface area contributed by atoms with Crippen LogP contribution in [0.1, 0.15) is 22.7 Å². The second-order valence-electron chi connectivity index (χ2n) is 5.55. The normalized spacial score (nSPS) is 12.5. The zero-order chi connectivity index (χ0) is 14.7. The molecule has 21 heavy (non-hydrogen) atoms. The number of aryl methyl sites for hydroxylation is 1. The van der Waals surface area contributed by atoms with Gasteiger partial charge in [-0.3, -0.25) is 0 Å². The molecule has 0 aliphatic rings. The largest absolute Gasteiger partial charge is 0.313 e. The predicted octanol–water partition coefficient (Wildman–Crippen LogP) is 4.65. The fourth-order valence-electron chi connectivity index (χ4n) is 3.07. The highest BCUT2D eigenvalue weighted by Crippen LogP contribution is 2.29. The van der Waals surface area contributed by atoms with Crippen molar-refractivity contribution in [1.29, 1.82) is 0 Å². The van der Waals surface area contributed by atoms with Gasteiger partial charge in [-0.05, 0) is 47.9 Å². The molecule has 0 radical (unpaired) electrons. The Kier molecular flexibility index (Phi) is 4.03. The van der Waals surface area contributed by atoms with Crippen LogP contribution < -0.4 is 5.32 Å². The van der Waals surface area contributed by atoms with Crippen LogP contribution in [-0.2, 0) is 6.42 Å². The van der Waals surface area contributed by atoms with Crippen LogP contribution in [-0.4, -0.2) is 7.05 Å². The standard InChI is InChI=1S/C20H21N/c1-15-12-13-17-10-6-7-11-18(17)20(15)19(21-2)14-16-8-4-3-5-9-16/h3-13,19,21H,14H2,1-2H3. The summed E-state index contributed by atoms with van der Waals surface area (Å²) in [6, 6.07) is 24.1. The maximum absolute atomic E-state index is 3.50. The Labute approximate surface area is 126 Å². The highest BCUT2D eigenvalue weighted by Gasteiger charge is 2.15. The molecular formula is C20H21N. The molecule has 106 valence electrons. The van der Waals surface area contributed by atoms with E-state index >= 15 is 0 Å². The van der Waals surface area contributed by atoms with E-state index in [2.05, 4.69) is 86.0 Å². The number of benzene rings is 3. The Bertz CT molecular complexity index is 731. The molecule has 3 rings (SSSR count). The van der Waals surface area contributed by atoms with Gasteiger partial charge in [0.1, 0.15) is 0 Å². The molecule has 0 aliphatic carbocycles. The number of hydrogen-bond donors (Lipinski definition) is 1. The van der Waals surface area contributed by atoms with Crippen LogP contribution in [0.25, 0.3) is 10.8 Å². The molecule has 1 unspecified atom stereocenters. The number of likely N-dealkylation sites (N-methyl/N-ethyl adjacent to an activating group) is 1. The van der Waals surface area contributed by atoms with Crippen molar-refractivity contribution in [2.75, 3.05) is 7.05 Å². The quantitative estimate of drug-likeness (QED) is 0.730. The van der Waals surface area contributed by atoms with Gasteiger partial charge in [0.2, 0.25) is 0 Å². The molecule has 0 heterocycles.